The topological polar surface area (TPSA) is 59.9 Å². The van der Waals surface area contributed by atoms with E-state index in [4.69, 9.17) is 21.2 Å². The Balaban J connectivity index is 1.80. The van der Waals surface area contributed by atoms with E-state index in [1.165, 1.54) is 6.21 Å². The maximum Gasteiger partial charge on any atom is 0.265 e. The van der Waals surface area contributed by atoms with E-state index in [9.17, 15) is 4.79 Å². The van der Waals surface area contributed by atoms with Gasteiger partial charge in [-0.15, -0.1) is 0 Å². The molecule has 25 heavy (non-hydrogen) atoms. The predicted molar refractivity (Wildman–Crippen MR) is 100 cm³/mol. The first-order chi connectivity index (χ1) is 12.1. The SMILES string of the molecule is C=CCOc1ccc(C=NOCC(=O)Nc2ccc(C)cc2)cc1Cl. The second-order valence-corrected chi connectivity index (χ2v) is 5.62. The van der Waals surface area contributed by atoms with Crippen LogP contribution in [0.15, 0.2) is 60.3 Å². The van der Waals surface area contributed by atoms with Gasteiger partial charge in [0.05, 0.1) is 11.2 Å². The van der Waals surface area contributed by atoms with Crippen LogP contribution in [-0.2, 0) is 9.63 Å². The lowest BCUT2D eigenvalue weighted by molar-refractivity contribution is -0.120. The van der Waals surface area contributed by atoms with E-state index in [0.29, 0.717) is 23.1 Å². The molecule has 0 saturated heterocycles. The third kappa shape index (κ3) is 6.31. The van der Waals surface area contributed by atoms with Crippen LogP contribution in [0.5, 0.6) is 5.75 Å². The average molecular weight is 359 g/mol. The normalized spacial score (nSPS) is 10.5. The Hall–Kier alpha value is -2.79. The Morgan fingerprint density at radius 1 is 1.28 bits per heavy atom. The highest BCUT2D eigenvalue weighted by molar-refractivity contribution is 6.32. The van der Waals surface area contributed by atoms with Gasteiger partial charge >= 0.3 is 0 Å². The number of amides is 1. The Labute approximate surface area is 151 Å². The highest BCUT2D eigenvalue weighted by Crippen LogP contribution is 2.24. The molecule has 130 valence electrons. The average Bonchev–Trinajstić information content (AvgIpc) is 2.60. The minimum absolute atomic E-state index is 0.182. The van der Waals surface area contributed by atoms with Crippen LogP contribution in [0.4, 0.5) is 5.69 Å². The van der Waals surface area contributed by atoms with E-state index < -0.39 is 0 Å². The van der Waals surface area contributed by atoms with Gasteiger partial charge in [-0.1, -0.05) is 47.1 Å². The zero-order chi connectivity index (χ0) is 18.1. The highest BCUT2D eigenvalue weighted by atomic mass is 35.5. The Morgan fingerprint density at radius 2 is 2.04 bits per heavy atom. The molecule has 1 amide bonds. The van der Waals surface area contributed by atoms with Crippen molar-refractivity contribution >= 4 is 29.4 Å². The number of carbonyl (C=O) groups excluding carboxylic acids is 1. The maximum absolute atomic E-state index is 11.8. The molecule has 2 aromatic rings. The van der Waals surface area contributed by atoms with Crippen molar-refractivity contribution in [2.75, 3.05) is 18.5 Å². The molecule has 5 nitrogen and oxygen atoms in total. The van der Waals surface area contributed by atoms with Crippen LogP contribution >= 0.6 is 11.6 Å². The summed E-state index contributed by atoms with van der Waals surface area (Å²) in [7, 11) is 0. The van der Waals surface area contributed by atoms with Crippen LogP contribution in [0.3, 0.4) is 0 Å². The maximum atomic E-state index is 11.8. The smallest absolute Gasteiger partial charge is 0.265 e. The van der Waals surface area contributed by atoms with Crippen LogP contribution in [0.1, 0.15) is 11.1 Å². The summed E-state index contributed by atoms with van der Waals surface area (Å²) in [5.41, 5.74) is 2.57. The van der Waals surface area contributed by atoms with E-state index in [0.717, 1.165) is 11.1 Å². The summed E-state index contributed by atoms with van der Waals surface area (Å²) < 4.78 is 5.38. The lowest BCUT2D eigenvalue weighted by Gasteiger charge is -2.06. The molecule has 1 N–H and O–H groups in total. The van der Waals surface area contributed by atoms with Gasteiger partial charge in [0.25, 0.3) is 5.91 Å². The lowest BCUT2D eigenvalue weighted by Crippen LogP contribution is -2.16. The molecule has 0 aliphatic heterocycles. The van der Waals surface area contributed by atoms with E-state index in [1.54, 1.807) is 24.3 Å². The molecule has 0 fully saturated rings. The minimum Gasteiger partial charge on any atom is -0.488 e. The van der Waals surface area contributed by atoms with Gasteiger partial charge in [0, 0.05) is 5.69 Å². The van der Waals surface area contributed by atoms with Crippen LogP contribution in [0.2, 0.25) is 5.02 Å². The second-order valence-electron chi connectivity index (χ2n) is 5.21. The van der Waals surface area contributed by atoms with Crippen molar-refractivity contribution < 1.29 is 14.4 Å². The van der Waals surface area contributed by atoms with Crippen molar-refractivity contribution in [3.8, 4) is 5.75 Å². The van der Waals surface area contributed by atoms with Gasteiger partial charge in [-0.2, -0.15) is 0 Å². The molecule has 0 spiro atoms. The molecule has 0 heterocycles. The fourth-order valence-electron chi connectivity index (χ4n) is 1.89. The molecule has 0 aromatic heterocycles. The summed E-state index contributed by atoms with van der Waals surface area (Å²) in [6.45, 7) is 5.76. The number of hydrogen-bond donors (Lipinski definition) is 1. The molecule has 0 unspecified atom stereocenters. The number of aryl methyl sites for hydroxylation is 1. The molecule has 0 aliphatic carbocycles. The highest BCUT2D eigenvalue weighted by Gasteiger charge is 2.03. The molecule has 0 saturated carbocycles. The van der Waals surface area contributed by atoms with Crippen LogP contribution in [0.25, 0.3) is 0 Å². The third-order valence-electron chi connectivity index (χ3n) is 3.12. The first-order valence-electron chi connectivity index (χ1n) is 7.63. The number of anilines is 1. The number of hydrogen-bond acceptors (Lipinski definition) is 4. The molecule has 0 aliphatic rings. The van der Waals surface area contributed by atoms with Crippen LogP contribution in [0, 0.1) is 6.92 Å². The molecule has 0 radical (unpaired) electrons. The number of rotatable bonds is 8. The number of oxime groups is 1. The number of benzene rings is 2. The van der Waals surface area contributed by atoms with Gasteiger partial charge in [-0.3, -0.25) is 4.79 Å². The van der Waals surface area contributed by atoms with Gasteiger partial charge in [0.15, 0.2) is 6.61 Å². The van der Waals surface area contributed by atoms with Crippen LogP contribution in [-0.4, -0.2) is 25.3 Å². The predicted octanol–water partition coefficient (Wildman–Crippen LogP) is 4.20. The van der Waals surface area contributed by atoms with Gasteiger partial charge in [0.2, 0.25) is 0 Å². The summed E-state index contributed by atoms with van der Waals surface area (Å²) in [4.78, 5) is 16.8. The van der Waals surface area contributed by atoms with E-state index in [-0.39, 0.29) is 12.5 Å². The standard InChI is InChI=1S/C19H19ClN2O3/c1-3-10-24-18-9-6-15(11-17(18)20)12-21-25-13-19(23)22-16-7-4-14(2)5-8-16/h3-9,11-12H,1,10,13H2,2H3,(H,22,23). The largest absolute Gasteiger partial charge is 0.488 e. The van der Waals surface area contributed by atoms with E-state index in [2.05, 4.69) is 17.1 Å². The van der Waals surface area contributed by atoms with E-state index in [1.807, 2.05) is 31.2 Å². The van der Waals surface area contributed by atoms with Crippen molar-refractivity contribution in [2.24, 2.45) is 5.16 Å². The summed E-state index contributed by atoms with van der Waals surface area (Å²) in [5, 5.41) is 6.95. The Morgan fingerprint density at radius 3 is 2.72 bits per heavy atom. The molecular weight excluding hydrogens is 340 g/mol. The zero-order valence-corrected chi connectivity index (χ0v) is 14.6. The quantitative estimate of drug-likeness (QED) is 0.437. The van der Waals surface area contributed by atoms with Crippen molar-refractivity contribution in [3.63, 3.8) is 0 Å². The third-order valence-corrected chi connectivity index (χ3v) is 3.42. The summed E-state index contributed by atoms with van der Waals surface area (Å²) in [6.07, 6.45) is 3.11. The lowest BCUT2D eigenvalue weighted by atomic mass is 10.2. The zero-order valence-electron chi connectivity index (χ0n) is 13.9. The Kier molecular flexibility index (Phi) is 7.04. The Bertz CT molecular complexity index is 758. The molecule has 2 rings (SSSR count). The van der Waals surface area contributed by atoms with Gasteiger partial charge in [0.1, 0.15) is 12.4 Å². The number of ether oxygens (including phenoxy) is 1. The van der Waals surface area contributed by atoms with Crippen molar-refractivity contribution in [1.29, 1.82) is 0 Å². The summed E-state index contributed by atoms with van der Waals surface area (Å²) in [6, 6.07) is 12.7. The number of halogens is 1. The summed E-state index contributed by atoms with van der Waals surface area (Å²) >= 11 is 6.10. The summed E-state index contributed by atoms with van der Waals surface area (Å²) in [5.74, 6) is 0.282. The van der Waals surface area contributed by atoms with Gasteiger partial charge < -0.3 is 14.9 Å². The molecule has 6 heteroatoms. The first kappa shape index (κ1) is 18.5. The number of carbonyl (C=O) groups is 1. The van der Waals surface area contributed by atoms with Crippen molar-refractivity contribution in [2.45, 2.75) is 6.92 Å². The van der Waals surface area contributed by atoms with Gasteiger partial charge in [-0.25, -0.2) is 0 Å². The monoisotopic (exact) mass is 358 g/mol. The van der Waals surface area contributed by atoms with Crippen LogP contribution < -0.4 is 10.1 Å². The van der Waals surface area contributed by atoms with Crippen molar-refractivity contribution in [1.82, 2.24) is 0 Å². The minimum atomic E-state index is -0.285. The fourth-order valence-corrected chi connectivity index (χ4v) is 2.13. The van der Waals surface area contributed by atoms with Gasteiger partial charge in [-0.05, 0) is 42.8 Å². The van der Waals surface area contributed by atoms with E-state index >= 15 is 0 Å². The molecule has 2 aromatic carbocycles. The molecular formula is C19H19ClN2O3. The number of nitrogens with one attached hydrogen (secondary N) is 1. The first-order valence-corrected chi connectivity index (χ1v) is 8.01. The fraction of sp³-hybridized carbons (Fsp3) is 0.158. The van der Waals surface area contributed by atoms with Crippen molar-refractivity contribution in [3.05, 3.63) is 71.3 Å². The molecule has 0 bridgehead atoms. The number of nitrogens with zero attached hydrogens (tertiary/aromatic N) is 1. The molecule has 0 atom stereocenters. The second kappa shape index (κ2) is 9.49.